The molecule has 0 aromatic carbocycles. The largest absolute Gasteiger partial charge is 0.286 e. The van der Waals surface area contributed by atoms with Crippen molar-refractivity contribution in [2.45, 2.75) is 20.4 Å². The summed E-state index contributed by atoms with van der Waals surface area (Å²) in [7, 11) is 0. The van der Waals surface area contributed by atoms with Gasteiger partial charge >= 0.3 is 0 Å². The van der Waals surface area contributed by atoms with Crippen LogP contribution in [-0.4, -0.2) is 25.2 Å². The summed E-state index contributed by atoms with van der Waals surface area (Å²) in [6.07, 6.45) is 1.47. The summed E-state index contributed by atoms with van der Waals surface area (Å²) in [5, 5.41) is 8.19. The van der Waals surface area contributed by atoms with Gasteiger partial charge in [0.2, 0.25) is 5.78 Å². The van der Waals surface area contributed by atoms with E-state index in [2.05, 4.69) is 14.7 Å². The second kappa shape index (κ2) is 4.31. The summed E-state index contributed by atoms with van der Waals surface area (Å²) in [4.78, 5) is 12.7. The molecule has 0 atom stereocenters. The van der Waals surface area contributed by atoms with Crippen LogP contribution in [0.25, 0.3) is 0 Å². The lowest BCUT2D eigenvalue weighted by atomic mass is 10.2. The van der Waals surface area contributed by atoms with Crippen LogP contribution in [0.5, 0.6) is 0 Å². The molecule has 2 rings (SSSR count). The molecule has 16 heavy (non-hydrogen) atoms. The predicted molar refractivity (Wildman–Crippen MR) is 61.0 cm³/mol. The third-order valence-electron chi connectivity index (χ3n) is 2.17. The molecule has 2 aromatic heterocycles. The third kappa shape index (κ3) is 1.74. The molecule has 5 nitrogen and oxygen atoms in total. The van der Waals surface area contributed by atoms with Gasteiger partial charge in [0.05, 0.1) is 16.9 Å². The minimum Gasteiger partial charge on any atom is -0.286 e. The highest BCUT2D eigenvalue weighted by molar-refractivity contribution is 7.08. The Kier molecular flexibility index (Phi) is 3.02. The van der Waals surface area contributed by atoms with E-state index in [1.165, 1.54) is 6.20 Å². The highest BCUT2D eigenvalue weighted by atomic mass is 35.5. The van der Waals surface area contributed by atoms with Crippen LogP contribution in [0.2, 0.25) is 5.02 Å². The van der Waals surface area contributed by atoms with Crippen molar-refractivity contribution in [1.29, 1.82) is 0 Å². The number of aromatic nitrogens is 4. The van der Waals surface area contributed by atoms with Crippen molar-refractivity contribution in [3.8, 4) is 0 Å². The Morgan fingerprint density at radius 3 is 2.94 bits per heavy atom. The van der Waals surface area contributed by atoms with E-state index in [9.17, 15) is 4.79 Å². The molecule has 0 saturated heterocycles. The fraction of sp³-hybridized carbons (Fsp3) is 0.333. The zero-order chi connectivity index (χ0) is 11.7. The van der Waals surface area contributed by atoms with Crippen LogP contribution < -0.4 is 0 Å². The molecule has 0 amide bonds. The zero-order valence-corrected chi connectivity index (χ0v) is 10.3. The molecule has 0 bridgehead atoms. The van der Waals surface area contributed by atoms with Crippen LogP contribution in [0.4, 0.5) is 0 Å². The van der Waals surface area contributed by atoms with Crippen LogP contribution >= 0.6 is 23.1 Å². The summed E-state index contributed by atoms with van der Waals surface area (Å²) in [6, 6.07) is 0. The molecule has 0 saturated carbocycles. The van der Waals surface area contributed by atoms with Crippen LogP contribution in [0.15, 0.2) is 6.20 Å². The lowest BCUT2D eigenvalue weighted by molar-refractivity contribution is 0.103. The van der Waals surface area contributed by atoms with Gasteiger partial charge in [-0.1, -0.05) is 16.1 Å². The summed E-state index contributed by atoms with van der Waals surface area (Å²) < 4.78 is 5.31. The third-order valence-corrected chi connectivity index (χ3v) is 3.27. The average molecular weight is 257 g/mol. The van der Waals surface area contributed by atoms with E-state index < -0.39 is 0 Å². The minimum atomic E-state index is -0.170. The van der Waals surface area contributed by atoms with Crippen LogP contribution in [-0.2, 0) is 6.54 Å². The molecule has 0 fully saturated rings. The molecule has 0 N–H and O–H groups in total. The Morgan fingerprint density at radius 1 is 1.62 bits per heavy atom. The number of hydrogen-bond acceptors (Lipinski definition) is 5. The number of halogens is 1. The molecule has 0 spiro atoms. The van der Waals surface area contributed by atoms with Gasteiger partial charge in [-0.05, 0) is 25.4 Å². The van der Waals surface area contributed by atoms with Gasteiger partial charge in [0.1, 0.15) is 10.6 Å². The van der Waals surface area contributed by atoms with Gasteiger partial charge in [-0.15, -0.1) is 5.10 Å². The number of hydrogen-bond donors (Lipinski definition) is 0. The van der Waals surface area contributed by atoms with Crippen molar-refractivity contribution in [3.63, 3.8) is 0 Å². The highest BCUT2D eigenvalue weighted by Gasteiger charge is 2.22. The maximum atomic E-state index is 12.2. The Hall–Kier alpha value is -1.27. The highest BCUT2D eigenvalue weighted by Crippen LogP contribution is 2.21. The molecular weight excluding hydrogens is 248 g/mol. The summed E-state index contributed by atoms with van der Waals surface area (Å²) in [5.74, 6) is -0.170. The maximum absolute atomic E-state index is 12.2. The number of nitrogens with zero attached hydrogens (tertiary/aromatic N) is 4. The number of aryl methyl sites for hydroxylation is 2. The van der Waals surface area contributed by atoms with E-state index in [1.807, 2.05) is 6.92 Å². The first-order chi connectivity index (χ1) is 7.65. The van der Waals surface area contributed by atoms with Gasteiger partial charge < -0.3 is 0 Å². The smallest absolute Gasteiger partial charge is 0.226 e. The van der Waals surface area contributed by atoms with Crippen LogP contribution in [0.1, 0.15) is 28.0 Å². The first-order valence-electron chi connectivity index (χ1n) is 4.70. The van der Waals surface area contributed by atoms with Crippen LogP contribution in [0, 0.1) is 6.92 Å². The fourth-order valence-electron chi connectivity index (χ4n) is 1.38. The topological polar surface area (TPSA) is 60.7 Å². The van der Waals surface area contributed by atoms with Gasteiger partial charge in [-0.3, -0.25) is 9.48 Å². The molecular formula is C9H9ClN4OS. The Labute approximate surface area is 101 Å². The van der Waals surface area contributed by atoms with Crippen molar-refractivity contribution in [3.05, 3.63) is 27.5 Å². The van der Waals surface area contributed by atoms with Gasteiger partial charge in [0.15, 0.2) is 0 Å². The molecule has 84 valence electrons. The number of ketones is 1. The zero-order valence-electron chi connectivity index (χ0n) is 8.77. The number of carbonyl (C=O) groups is 1. The van der Waals surface area contributed by atoms with E-state index in [-0.39, 0.29) is 5.78 Å². The van der Waals surface area contributed by atoms with Crippen molar-refractivity contribution < 1.29 is 4.79 Å². The standard InChI is InChI=1S/C9H9ClN4OS/c1-3-14-7(6(10)4-11-14)8(15)9-5(2)12-13-16-9/h4H,3H2,1-2H3. The summed E-state index contributed by atoms with van der Waals surface area (Å²) in [5.41, 5.74) is 1.02. The van der Waals surface area contributed by atoms with E-state index in [1.54, 1.807) is 11.6 Å². The molecule has 0 unspecified atom stereocenters. The van der Waals surface area contributed by atoms with E-state index in [0.717, 1.165) is 11.5 Å². The van der Waals surface area contributed by atoms with Crippen molar-refractivity contribution >= 4 is 28.9 Å². The van der Waals surface area contributed by atoms with Crippen LogP contribution in [0.3, 0.4) is 0 Å². The van der Waals surface area contributed by atoms with Gasteiger partial charge in [-0.25, -0.2) is 0 Å². The summed E-state index contributed by atoms with van der Waals surface area (Å²) >= 11 is 7.02. The minimum absolute atomic E-state index is 0.170. The quantitative estimate of drug-likeness (QED) is 0.788. The van der Waals surface area contributed by atoms with Crippen molar-refractivity contribution in [1.82, 2.24) is 19.4 Å². The Balaban J connectivity index is 2.49. The predicted octanol–water partition coefficient (Wildman–Crippen LogP) is 1.95. The average Bonchev–Trinajstić information content (AvgIpc) is 2.83. The SMILES string of the molecule is CCn1ncc(Cl)c1C(=O)c1snnc1C. The van der Waals surface area contributed by atoms with Gasteiger partial charge in [0, 0.05) is 6.54 Å². The molecule has 2 heterocycles. The van der Waals surface area contributed by atoms with E-state index in [4.69, 9.17) is 11.6 Å². The molecule has 0 aliphatic rings. The number of rotatable bonds is 3. The Morgan fingerprint density at radius 2 is 2.38 bits per heavy atom. The van der Waals surface area contributed by atoms with E-state index >= 15 is 0 Å². The molecule has 0 aliphatic carbocycles. The lowest BCUT2D eigenvalue weighted by Gasteiger charge is -2.02. The monoisotopic (exact) mass is 256 g/mol. The van der Waals surface area contributed by atoms with Gasteiger partial charge in [0.25, 0.3) is 0 Å². The molecule has 7 heteroatoms. The molecule has 0 aliphatic heterocycles. The lowest BCUT2D eigenvalue weighted by Crippen LogP contribution is -2.10. The fourth-order valence-corrected chi connectivity index (χ4v) is 2.20. The maximum Gasteiger partial charge on any atom is 0.226 e. The first-order valence-corrected chi connectivity index (χ1v) is 5.85. The molecule has 2 aromatic rings. The first kappa shape index (κ1) is 11.2. The molecule has 0 radical (unpaired) electrons. The second-order valence-corrected chi connectivity index (χ2v) is 4.33. The van der Waals surface area contributed by atoms with E-state index in [0.29, 0.717) is 27.8 Å². The van der Waals surface area contributed by atoms with Crippen molar-refractivity contribution in [2.24, 2.45) is 0 Å². The van der Waals surface area contributed by atoms with Gasteiger partial charge in [-0.2, -0.15) is 5.10 Å². The summed E-state index contributed by atoms with van der Waals surface area (Å²) in [6.45, 7) is 4.24. The number of carbonyl (C=O) groups excluding carboxylic acids is 1. The normalized spacial score (nSPS) is 10.7. The van der Waals surface area contributed by atoms with Crippen molar-refractivity contribution in [2.75, 3.05) is 0 Å². The Bertz CT molecular complexity index is 533. The second-order valence-electron chi connectivity index (χ2n) is 3.17.